The summed E-state index contributed by atoms with van der Waals surface area (Å²) in [7, 11) is 0. The topological polar surface area (TPSA) is 85.1 Å². The Morgan fingerprint density at radius 1 is 1.52 bits per heavy atom. The van der Waals surface area contributed by atoms with Crippen LogP contribution in [0, 0.1) is 6.92 Å². The number of nitrogens with zero attached hydrogens (tertiary/aromatic N) is 3. The quantitative estimate of drug-likeness (QED) is 0.876. The smallest absolute Gasteiger partial charge is 0.308 e. The largest absolute Gasteiger partial charge is 0.481 e. The summed E-state index contributed by atoms with van der Waals surface area (Å²) in [5.74, 6) is -0.888. The third-order valence-corrected chi connectivity index (χ3v) is 4.91. The highest BCUT2D eigenvalue weighted by molar-refractivity contribution is 8.01. The van der Waals surface area contributed by atoms with Gasteiger partial charge in [0.25, 0.3) is 5.56 Å². The highest BCUT2D eigenvalue weighted by atomic mass is 32.2. The predicted molar refractivity (Wildman–Crippen MR) is 81.1 cm³/mol. The van der Waals surface area contributed by atoms with Gasteiger partial charge < -0.3 is 9.67 Å². The maximum absolute atomic E-state index is 12.2. The number of hydrogen-bond acceptors (Lipinski definition) is 6. The van der Waals surface area contributed by atoms with E-state index in [4.69, 9.17) is 5.11 Å². The van der Waals surface area contributed by atoms with Crippen molar-refractivity contribution in [1.82, 2.24) is 14.5 Å². The molecule has 0 aliphatic heterocycles. The Labute approximate surface area is 129 Å². The second-order valence-electron chi connectivity index (χ2n) is 4.39. The van der Waals surface area contributed by atoms with Gasteiger partial charge in [-0.2, -0.15) is 0 Å². The van der Waals surface area contributed by atoms with Crippen molar-refractivity contribution in [3.63, 3.8) is 0 Å². The number of aryl methyl sites for hydroxylation is 2. The van der Waals surface area contributed by atoms with E-state index in [9.17, 15) is 9.59 Å². The lowest BCUT2D eigenvalue weighted by atomic mass is 10.3. The Hall–Kier alpha value is -1.67. The molecule has 0 spiro atoms. The van der Waals surface area contributed by atoms with E-state index in [0.29, 0.717) is 26.5 Å². The van der Waals surface area contributed by atoms with E-state index in [1.165, 1.54) is 23.1 Å². The molecule has 2 rings (SSSR count). The first-order chi connectivity index (χ1) is 10.0. The Bertz CT molecular complexity index is 709. The highest BCUT2D eigenvalue weighted by Crippen LogP contribution is 2.30. The van der Waals surface area contributed by atoms with Crippen molar-refractivity contribution in [3.8, 4) is 0 Å². The predicted octanol–water partition coefficient (Wildman–Crippen LogP) is 2.20. The molecular formula is C13H15N3O3S2. The molecule has 2 aromatic heterocycles. The minimum Gasteiger partial charge on any atom is -0.481 e. The number of carboxylic acid groups (broad SMARTS) is 1. The Balaban J connectivity index is 2.24. The molecule has 1 N–H and O–H groups in total. The number of carbonyl (C=O) groups is 1. The Morgan fingerprint density at radius 3 is 2.95 bits per heavy atom. The van der Waals surface area contributed by atoms with E-state index in [0.717, 1.165) is 6.42 Å². The summed E-state index contributed by atoms with van der Waals surface area (Å²) in [5, 5.41) is 9.20. The molecule has 0 aromatic carbocycles. The molecule has 21 heavy (non-hydrogen) atoms. The van der Waals surface area contributed by atoms with Crippen molar-refractivity contribution >= 4 is 29.1 Å². The summed E-state index contributed by atoms with van der Waals surface area (Å²) in [6, 6.07) is 0. The van der Waals surface area contributed by atoms with Crippen LogP contribution in [0.4, 0.5) is 0 Å². The van der Waals surface area contributed by atoms with Gasteiger partial charge in [0.1, 0.15) is 0 Å². The van der Waals surface area contributed by atoms with Gasteiger partial charge in [0, 0.05) is 23.8 Å². The monoisotopic (exact) mass is 325 g/mol. The van der Waals surface area contributed by atoms with Crippen LogP contribution in [0.1, 0.15) is 23.9 Å². The van der Waals surface area contributed by atoms with Gasteiger partial charge in [-0.25, -0.2) is 9.97 Å². The number of aliphatic carboxylic acids is 1. The molecule has 2 aromatic rings. The van der Waals surface area contributed by atoms with Crippen LogP contribution < -0.4 is 5.56 Å². The summed E-state index contributed by atoms with van der Waals surface area (Å²) < 4.78 is 2.26. The fourth-order valence-corrected chi connectivity index (χ4v) is 3.90. The lowest BCUT2D eigenvalue weighted by Crippen LogP contribution is -2.21. The summed E-state index contributed by atoms with van der Waals surface area (Å²) in [6.07, 6.45) is 4.08. The third kappa shape index (κ3) is 3.92. The molecule has 0 aliphatic carbocycles. The summed E-state index contributed by atoms with van der Waals surface area (Å²) in [6.45, 7) is 4.42. The number of thiazole rings is 1. The first-order valence-electron chi connectivity index (χ1n) is 6.42. The van der Waals surface area contributed by atoms with Crippen molar-refractivity contribution in [2.45, 2.75) is 42.6 Å². The van der Waals surface area contributed by atoms with Gasteiger partial charge in [-0.05, 0) is 25.1 Å². The average Bonchev–Trinajstić information content (AvgIpc) is 2.74. The zero-order valence-electron chi connectivity index (χ0n) is 11.7. The SMILES string of the molecule is CCCn1ccnc(Sc2nc(C)c(CC(=O)O)s2)c1=O. The summed E-state index contributed by atoms with van der Waals surface area (Å²) in [5.41, 5.74) is 0.548. The standard InChI is InChI=1S/C13H15N3O3S2/c1-3-5-16-6-4-14-11(12(16)19)21-13-15-8(2)9(20-13)7-10(17)18/h4,6H,3,5,7H2,1-2H3,(H,17,18). The molecule has 0 radical (unpaired) electrons. The highest BCUT2D eigenvalue weighted by Gasteiger charge is 2.14. The van der Waals surface area contributed by atoms with E-state index in [2.05, 4.69) is 9.97 Å². The van der Waals surface area contributed by atoms with E-state index in [1.807, 2.05) is 6.92 Å². The van der Waals surface area contributed by atoms with Crippen molar-refractivity contribution < 1.29 is 9.90 Å². The van der Waals surface area contributed by atoms with Gasteiger partial charge in [-0.3, -0.25) is 9.59 Å². The molecule has 0 amide bonds. The second kappa shape index (κ2) is 6.86. The van der Waals surface area contributed by atoms with Crippen LogP contribution in [-0.4, -0.2) is 25.6 Å². The van der Waals surface area contributed by atoms with Crippen LogP contribution in [0.3, 0.4) is 0 Å². The zero-order chi connectivity index (χ0) is 15.4. The van der Waals surface area contributed by atoms with Crippen LogP contribution in [-0.2, 0) is 17.8 Å². The van der Waals surface area contributed by atoms with Gasteiger partial charge in [0.2, 0.25) is 0 Å². The van der Waals surface area contributed by atoms with Crippen molar-refractivity contribution in [3.05, 3.63) is 33.3 Å². The number of rotatable bonds is 6. The van der Waals surface area contributed by atoms with Crippen LogP contribution >= 0.6 is 23.1 Å². The average molecular weight is 325 g/mol. The second-order valence-corrected chi connectivity index (χ2v) is 6.71. The molecule has 0 saturated carbocycles. The normalized spacial score (nSPS) is 10.8. The maximum atomic E-state index is 12.2. The van der Waals surface area contributed by atoms with Gasteiger partial charge >= 0.3 is 5.97 Å². The fraction of sp³-hybridized carbons (Fsp3) is 0.385. The zero-order valence-corrected chi connectivity index (χ0v) is 13.3. The minimum atomic E-state index is -0.888. The van der Waals surface area contributed by atoms with Crippen molar-refractivity contribution in [2.24, 2.45) is 0 Å². The Kier molecular flexibility index (Phi) is 5.13. The van der Waals surface area contributed by atoms with E-state index in [1.54, 1.807) is 23.9 Å². The van der Waals surface area contributed by atoms with E-state index < -0.39 is 5.97 Å². The number of hydrogen-bond donors (Lipinski definition) is 1. The molecule has 6 nitrogen and oxygen atoms in total. The maximum Gasteiger partial charge on any atom is 0.308 e. The van der Waals surface area contributed by atoms with E-state index in [-0.39, 0.29) is 12.0 Å². The number of aromatic nitrogens is 3. The summed E-state index contributed by atoms with van der Waals surface area (Å²) >= 11 is 2.48. The molecule has 0 unspecified atom stereocenters. The first kappa shape index (κ1) is 15.7. The minimum absolute atomic E-state index is 0.0493. The molecule has 0 saturated heterocycles. The number of carboxylic acids is 1. The van der Waals surface area contributed by atoms with Crippen molar-refractivity contribution in [1.29, 1.82) is 0 Å². The lowest BCUT2D eigenvalue weighted by Gasteiger charge is -2.04. The van der Waals surface area contributed by atoms with Crippen LogP contribution in [0.15, 0.2) is 26.6 Å². The van der Waals surface area contributed by atoms with Gasteiger partial charge in [-0.1, -0.05) is 6.92 Å². The van der Waals surface area contributed by atoms with Gasteiger partial charge in [0.15, 0.2) is 9.37 Å². The van der Waals surface area contributed by atoms with Crippen molar-refractivity contribution in [2.75, 3.05) is 0 Å². The lowest BCUT2D eigenvalue weighted by molar-refractivity contribution is -0.136. The molecule has 0 aliphatic rings. The fourth-order valence-electron chi connectivity index (χ4n) is 1.74. The summed E-state index contributed by atoms with van der Waals surface area (Å²) in [4.78, 5) is 32.1. The third-order valence-electron chi connectivity index (χ3n) is 2.72. The van der Waals surface area contributed by atoms with Gasteiger partial charge in [-0.15, -0.1) is 11.3 Å². The molecule has 0 fully saturated rings. The molecule has 8 heteroatoms. The van der Waals surface area contributed by atoms with Crippen LogP contribution in [0.5, 0.6) is 0 Å². The Morgan fingerprint density at radius 2 is 2.29 bits per heavy atom. The van der Waals surface area contributed by atoms with Crippen LogP contribution in [0.25, 0.3) is 0 Å². The van der Waals surface area contributed by atoms with Gasteiger partial charge in [0.05, 0.1) is 12.1 Å². The first-order valence-corrected chi connectivity index (χ1v) is 8.06. The molecule has 0 atom stereocenters. The van der Waals surface area contributed by atoms with E-state index >= 15 is 0 Å². The molecule has 2 heterocycles. The van der Waals surface area contributed by atoms with Crippen LogP contribution in [0.2, 0.25) is 0 Å². The molecule has 0 bridgehead atoms. The molecular weight excluding hydrogens is 310 g/mol. The molecule has 112 valence electrons.